The number of aromatic nitrogens is 1. The molecule has 3 rings (SSSR count). The second-order valence-corrected chi connectivity index (χ2v) is 11.4. The SMILES string of the molecule is CC(C)c1cccc(C(C)C)c1NC(=O)CCCCCSc1nc2cccc(C(=O)OCCN(C)C)c2o1. The molecule has 0 aliphatic carbocycles. The van der Waals surface area contributed by atoms with Crippen LogP contribution in [0.25, 0.3) is 11.1 Å². The van der Waals surface area contributed by atoms with E-state index in [-0.39, 0.29) is 5.91 Å². The molecule has 2 aromatic carbocycles. The van der Waals surface area contributed by atoms with Crippen molar-refractivity contribution < 1.29 is 18.7 Å². The highest BCUT2D eigenvalue weighted by Crippen LogP contribution is 2.32. The third-order valence-electron chi connectivity index (χ3n) is 6.30. The summed E-state index contributed by atoms with van der Waals surface area (Å²) in [6.45, 7) is 9.60. The van der Waals surface area contributed by atoms with E-state index in [1.54, 1.807) is 12.1 Å². The van der Waals surface area contributed by atoms with Gasteiger partial charge in [0.1, 0.15) is 17.7 Å². The van der Waals surface area contributed by atoms with Gasteiger partial charge in [0.05, 0.1) is 0 Å². The van der Waals surface area contributed by atoms with Crippen molar-refractivity contribution in [2.45, 2.75) is 70.4 Å². The van der Waals surface area contributed by atoms with Gasteiger partial charge in [-0.15, -0.1) is 0 Å². The maximum absolute atomic E-state index is 12.7. The molecule has 0 fully saturated rings. The predicted molar refractivity (Wildman–Crippen MR) is 155 cm³/mol. The second-order valence-electron chi connectivity index (χ2n) is 10.4. The zero-order valence-corrected chi connectivity index (χ0v) is 24.3. The topological polar surface area (TPSA) is 84.7 Å². The van der Waals surface area contributed by atoms with Crippen molar-refractivity contribution in [1.82, 2.24) is 9.88 Å². The van der Waals surface area contributed by atoms with E-state index in [0.717, 1.165) is 30.7 Å². The Morgan fingerprint density at radius 2 is 1.68 bits per heavy atom. The quantitative estimate of drug-likeness (QED) is 0.133. The molecule has 1 aromatic heterocycles. The summed E-state index contributed by atoms with van der Waals surface area (Å²) in [6.07, 6.45) is 3.20. The van der Waals surface area contributed by atoms with Gasteiger partial charge in [-0.2, -0.15) is 0 Å². The Morgan fingerprint density at radius 3 is 2.34 bits per heavy atom. The molecule has 0 saturated carbocycles. The minimum Gasteiger partial charge on any atom is -0.461 e. The maximum Gasteiger partial charge on any atom is 0.342 e. The molecule has 3 aromatic rings. The van der Waals surface area contributed by atoms with E-state index in [2.05, 4.69) is 56.2 Å². The largest absolute Gasteiger partial charge is 0.461 e. The van der Waals surface area contributed by atoms with Gasteiger partial charge in [-0.3, -0.25) is 4.79 Å². The van der Waals surface area contributed by atoms with Crippen LogP contribution in [0, 0.1) is 0 Å². The van der Waals surface area contributed by atoms with Crippen molar-refractivity contribution in [3.63, 3.8) is 0 Å². The molecule has 0 aliphatic rings. The van der Waals surface area contributed by atoms with Crippen LogP contribution in [0.3, 0.4) is 0 Å². The van der Waals surface area contributed by atoms with Gasteiger partial charge in [0.2, 0.25) is 5.91 Å². The lowest BCUT2D eigenvalue weighted by molar-refractivity contribution is -0.116. The van der Waals surface area contributed by atoms with Crippen LogP contribution in [0.5, 0.6) is 0 Å². The summed E-state index contributed by atoms with van der Waals surface area (Å²) in [6, 6.07) is 11.6. The number of ether oxygens (including phenoxy) is 1. The summed E-state index contributed by atoms with van der Waals surface area (Å²) in [4.78, 5) is 31.7. The minimum atomic E-state index is -0.403. The number of fused-ring (bicyclic) bond motifs is 1. The molecule has 206 valence electrons. The number of thioether (sulfide) groups is 1. The third kappa shape index (κ3) is 8.33. The number of likely N-dealkylation sites (N-methyl/N-ethyl adjacent to an activating group) is 1. The number of amides is 1. The summed E-state index contributed by atoms with van der Waals surface area (Å²) in [7, 11) is 3.86. The normalized spacial score (nSPS) is 11.6. The van der Waals surface area contributed by atoms with Crippen LogP contribution in [0.2, 0.25) is 0 Å². The number of unbranched alkanes of at least 4 members (excludes halogenated alkanes) is 2. The fraction of sp³-hybridized carbons (Fsp3) is 0.500. The molecule has 0 atom stereocenters. The molecule has 0 unspecified atom stereocenters. The van der Waals surface area contributed by atoms with Crippen LogP contribution >= 0.6 is 11.8 Å². The van der Waals surface area contributed by atoms with Crippen LogP contribution in [0.15, 0.2) is 46.0 Å². The summed E-state index contributed by atoms with van der Waals surface area (Å²) in [5.41, 5.74) is 4.85. The van der Waals surface area contributed by atoms with Gasteiger partial charge >= 0.3 is 5.97 Å². The number of hydrogen-bond donors (Lipinski definition) is 1. The van der Waals surface area contributed by atoms with Crippen LogP contribution in [0.4, 0.5) is 5.69 Å². The van der Waals surface area contributed by atoms with Crippen molar-refractivity contribution in [2.75, 3.05) is 38.3 Å². The van der Waals surface area contributed by atoms with E-state index in [0.29, 0.717) is 53.3 Å². The number of nitrogens with one attached hydrogen (secondary N) is 1. The van der Waals surface area contributed by atoms with Crippen LogP contribution in [-0.4, -0.2) is 54.8 Å². The van der Waals surface area contributed by atoms with E-state index >= 15 is 0 Å². The second kappa shape index (κ2) is 14.4. The van der Waals surface area contributed by atoms with Gasteiger partial charge in [0.25, 0.3) is 5.22 Å². The van der Waals surface area contributed by atoms with Crippen LogP contribution in [0.1, 0.15) is 86.7 Å². The Labute approximate surface area is 230 Å². The number of benzene rings is 2. The highest BCUT2D eigenvalue weighted by atomic mass is 32.2. The summed E-state index contributed by atoms with van der Waals surface area (Å²) in [5, 5.41) is 3.74. The molecular weight excluding hydrogens is 498 g/mol. The van der Waals surface area contributed by atoms with Gasteiger partial charge in [0.15, 0.2) is 5.58 Å². The molecule has 0 spiro atoms. The van der Waals surface area contributed by atoms with Gasteiger partial charge in [-0.05, 0) is 62.0 Å². The van der Waals surface area contributed by atoms with Gasteiger partial charge < -0.3 is 19.4 Å². The predicted octanol–water partition coefficient (Wildman–Crippen LogP) is 7.08. The van der Waals surface area contributed by atoms with E-state index in [4.69, 9.17) is 9.15 Å². The van der Waals surface area contributed by atoms with Crippen LogP contribution < -0.4 is 5.32 Å². The highest BCUT2D eigenvalue weighted by molar-refractivity contribution is 7.99. The zero-order valence-electron chi connectivity index (χ0n) is 23.5. The number of oxazole rings is 1. The minimum absolute atomic E-state index is 0.0663. The van der Waals surface area contributed by atoms with E-state index in [1.165, 1.54) is 22.9 Å². The molecule has 1 heterocycles. The molecule has 0 radical (unpaired) electrons. The molecule has 0 saturated heterocycles. The number of rotatable bonds is 14. The molecule has 7 nitrogen and oxygen atoms in total. The van der Waals surface area contributed by atoms with E-state index < -0.39 is 5.97 Å². The molecule has 38 heavy (non-hydrogen) atoms. The number of anilines is 1. The Balaban J connectivity index is 1.45. The van der Waals surface area contributed by atoms with Crippen molar-refractivity contribution in [3.05, 3.63) is 53.1 Å². The first-order valence-electron chi connectivity index (χ1n) is 13.4. The molecule has 1 amide bonds. The Morgan fingerprint density at radius 1 is 1.00 bits per heavy atom. The highest BCUT2D eigenvalue weighted by Gasteiger charge is 2.18. The fourth-order valence-corrected chi connectivity index (χ4v) is 5.00. The lowest BCUT2D eigenvalue weighted by Gasteiger charge is -2.20. The Bertz CT molecular complexity index is 1190. The average molecular weight is 540 g/mol. The van der Waals surface area contributed by atoms with Crippen molar-refractivity contribution >= 4 is 40.4 Å². The Hall–Kier alpha value is -2.84. The van der Waals surface area contributed by atoms with Gasteiger partial charge in [-0.25, -0.2) is 9.78 Å². The summed E-state index contributed by atoms with van der Waals surface area (Å²) < 4.78 is 11.3. The molecular formula is C30H41N3O4S. The number of esters is 1. The van der Waals surface area contributed by atoms with Crippen molar-refractivity contribution in [2.24, 2.45) is 0 Å². The van der Waals surface area contributed by atoms with Crippen molar-refractivity contribution in [1.29, 1.82) is 0 Å². The van der Waals surface area contributed by atoms with Gasteiger partial charge in [-0.1, -0.05) is 70.1 Å². The fourth-order valence-electron chi connectivity index (χ4n) is 4.17. The van der Waals surface area contributed by atoms with Crippen molar-refractivity contribution in [3.8, 4) is 0 Å². The first-order valence-corrected chi connectivity index (χ1v) is 14.4. The monoisotopic (exact) mass is 539 g/mol. The lowest BCUT2D eigenvalue weighted by atomic mass is 9.92. The van der Waals surface area contributed by atoms with E-state index in [1.807, 2.05) is 25.1 Å². The smallest absolute Gasteiger partial charge is 0.342 e. The lowest BCUT2D eigenvalue weighted by Crippen LogP contribution is -2.20. The molecule has 0 bridgehead atoms. The number of hydrogen-bond acceptors (Lipinski definition) is 7. The van der Waals surface area contributed by atoms with Gasteiger partial charge in [0, 0.05) is 24.4 Å². The average Bonchev–Trinajstić information content (AvgIpc) is 3.28. The summed E-state index contributed by atoms with van der Waals surface area (Å²) in [5.74, 6) is 1.18. The first kappa shape index (κ1) is 29.7. The summed E-state index contributed by atoms with van der Waals surface area (Å²) >= 11 is 1.52. The zero-order chi connectivity index (χ0) is 27.7. The Kier molecular flexibility index (Phi) is 11.2. The number of nitrogens with zero attached hydrogens (tertiary/aromatic N) is 2. The number of carbonyl (C=O) groups is 2. The number of para-hydroxylation sites is 2. The number of carbonyl (C=O) groups excluding carboxylic acids is 2. The standard InChI is InChI=1S/C30H41N3O4S/c1-20(2)22-12-10-13-23(21(3)4)27(22)32-26(34)16-8-7-9-19-38-30-31-25-15-11-14-24(28(25)37-30)29(35)36-18-17-33(5)6/h10-15,20-21H,7-9,16-19H2,1-6H3,(H,32,34). The molecule has 1 N–H and O–H groups in total. The first-order chi connectivity index (χ1) is 18.2. The molecule has 0 aliphatic heterocycles. The van der Waals surface area contributed by atoms with Crippen LogP contribution in [-0.2, 0) is 9.53 Å². The molecule has 8 heteroatoms. The third-order valence-corrected chi connectivity index (χ3v) is 7.21. The maximum atomic E-state index is 12.7. The van der Waals surface area contributed by atoms with E-state index in [9.17, 15) is 9.59 Å².